The minimum atomic E-state index is -4.29. The minimum Gasteiger partial charge on any atom is -0.496 e. The predicted molar refractivity (Wildman–Crippen MR) is 52.0 cm³/mol. The summed E-state index contributed by atoms with van der Waals surface area (Å²) >= 11 is 0. The van der Waals surface area contributed by atoms with Gasteiger partial charge >= 0.3 is 0 Å². The predicted octanol–water partition coefficient (Wildman–Crippen LogP) is 0.833. The number of nitrogens with two attached hydrogens (primary N) is 1. The lowest BCUT2D eigenvalue weighted by atomic mass is 10.2. The number of rotatable bonds is 2. The molecule has 1 aromatic carbocycles. The van der Waals surface area contributed by atoms with Gasteiger partial charge in [0.15, 0.2) is 0 Å². The molecular weight excluding hydrogens is 206 g/mol. The van der Waals surface area contributed by atoms with Gasteiger partial charge in [0.05, 0.1) is 12.8 Å². The van der Waals surface area contributed by atoms with Crippen LogP contribution in [0.2, 0.25) is 0 Å². The Labute approximate surface area is 82.2 Å². The molecule has 6 heteroatoms. The van der Waals surface area contributed by atoms with Gasteiger partial charge in [-0.15, -0.1) is 0 Å². The first-order chi connectivity index (χ1) is 6.36. The van der Waals surface area contributed by atoms with Crippen LogP contribution in [0.4, 0.5) is 5.69 Å². The summed E-state index contributed by atoms with van der Waals surface area (Å²) in [5, 5.41) is 0. The van der Waals surface area contributed by atoms with Gasteiger partial charge in [0, 0.05) is 6.07 Å². The van der Waals surface area contributed by atoms with Crippen molar-refractivity contribution in [2.24, 2.45) is 0 Å². The second-order valence-corrected chi connectivity index (χ2v) is 4.22. The van der Waals surface area contributed by atoms with Crippen LogP contribution in [-0.4, -0.2) is 20.1 Å². The Morgan fingerprint density at radius 2 is 2.00 bits per heavy atom. The number of anilines is 1. The lowest BCUT2D eigenvalue weighted by Crippen LogP contribution is -2.04. The van der Waals surface area contributed by atoms with E-state index in [9.17, 15) is 8.42 Å². The highest BCUT2D eigenvalue weighted by Gasteiger charge is 2.16. The summed E-state index contributed by atoms with van der Waals surface area (Å²) in [5.41, 5.74) is 6.15. The molecule has 1 rings (SSSR count). The number of aryl methyl sites for hydroxylation is 1. The third kappa shape index (κ3) is 1.97. The van der Waals surface area contributed by atoms with Crippen LogP contribution >= 0.6 is 0 Å². The molecule has 14 heavy (non-hydrogen) atoms. The Morgan fingerprint density at radius 3 is 2.43 bits per heavy atom. The molecule has 0 unspecified atom stereocenters. The number of benzene rings is 1. The molecule has 0 spiro atoms. The van der Waals surface area contributed by atoms with E-state index in [1.54, 1.807) is 6.92 Å². The van der Waals surface area contributed by atoms with Crippen LogP contribution in [0.1, 0.15) is 5.56 Å². The molecule has 0 atom stereocenters. The molecule has 0 bridgehead atoms. The SMILES string of the molecule is COc1cc(S(=O)(=O)O)c(N)cc1C. The van der Waals surface area contributed by atoms with Crippen molar-refractivity contribution in [2.45, 2.75) is 11.8 Å². The highest BCUT2D eigenvalue weighted by atomic mass is 32.2. The molecule has 0 radical (unpaired) electrons. The van der Waals surface area contributed by atoms with Crippen molar-refractivity contribution in [3.05, 3.63) is 17.7 Å². The van der Waals surface area contributed by atoms with Gasteiger partial charge in [-0.3, -0.25) is 4.55 Å². The zero-order valence-corrected chi connectivity index (χ0v) is 8.63. The third-order valence-corrected chi connectivity index (χ3v) is 2.71. The van der Waals surface area contributed by atoms with Crippen molar-refractivity contribution in [3.8, 4) is 5.75 Å². The molecule has 0 aliphatic carbocycles. The molecule has 3 N–H and O–H groups in total. The van der Waals surface area contributed by atoms with Gasteiger partial charge in [0.1, 0.15) is 10.6 Å². The second-order valence-electron chi connectivity index (χ2n) is 2.83. The fourth-order valence-electron chi connectivity index (χ4n) is 1.14. The van der Waals surface area contributed by atoms with Gasteiger partial charge < -0.3 is 10.5 Å². The summed E-state index contributed by atoms with van der Waals surface area (Å²) in [7, 11) is -2.88. The molecule has 0 aliphatic rings. The van der Waals surface area contributed by atoms with Crippen LogP contribution in [0.5, 0.6) is 5.75 Å². The van der Waals surface area contributed by atoms with Gasteiger partial charge in [-0.1, -0.05) is 0 Å². The van der Waals surface area contributed by atoms with Crippen LogP contribution in [0, 0.1) is 6.92 Å². The highest BCUT2D eigenvalue weighted by molar-refractivity contribution is 7.86. The zero-order valence-electron chi connectivity index (χ0n) is 7.81. The first-order valence-electron chi connectivity index (χ1n) is 3.78. The van der Waals surface area contributed by atoms with Gasteiger partial charge in [-0.25, -0.2) is 0 Å². The monoisotopic (exact) mass is 217 g/mol. The maximum atomic E-state index is 10.9. The number of hydrogen-bond donors (Lipinski definition) is 2. The summed E-state index contributed by atoms with van der Waals surface area (Å²) in [4.78, 5) is -0.333. The van der Waals surface area contributed by atoms with Gasteiger partial charge in [-0.05, 0) is 18.6 Å². The number of nitrogen functional groups attached to an aromatic ring is 1. The molecule has 5 nitrogen and oxygen atoms in total. The Bertz CT molecular complexity index is 453. The van der Waals surface area contributed by atoms with Gasteiger partial charge in [0.25, 0.3) is 10.1 Å². The molecule has 0 saturated carbocycles. The van der Waals surface area contributed by atoms with Crippen molar-refractivity contribution < 1.29 is 17.7 Å². The number of ether oxygens (including phenoxy) is 1. The van der Waals surface area contributed by atoms with Gasteiger partial charge in [-0.2, -0.15) is 8.42 Å². The summed E-state index contributed by atoms with van der Waals surface area (Å²) in [6, 6.07) is 2.63. The molecule has 0 heterocycles. The quantitative estimate of drug-likeness (QED) is 0.565. The number of hydrogen-bond acceptors (Lipinski definition) is 4. The van der Waals surface area contributed by atoms with E-state index in [0.29, 0.717) is 11.3 Å². The Kier molecular flexibility index (Phi) is 2.68. The molecule has 0 fully saturated rings. The fourth-order valence-corrected chi connectivity index (χ4v) is 1.75. The van der Waals surface area contributed by atoms with E-state index in [-0.39, 0.29) is 10.6 Å². The summed E-state index contributed by atoms with van der Waals surface area (Å²) in [5.74, 6) is 0.367. The van der Waals surface area contributed by atoms with E-state index in [2.05, 4.69) is 0 Å². The van der Waals surface area contributed by atoms with Gasteiger partial charge in [0.2, 0.25) is 0 Å². The van der Waals surface area contributed by atoms with Crippen molar-refractivity contribution in [1.29, 1.82) is 0 Å². The van der Waals surface area contributed by atoms with Crippen molar-refractivity contribution in [2.75, 3.05) is 12.8 Å². The molecule has 0 aromatic heterocycles. The molecular formula is C8H11NO4S. The maximum absolute atomic E-state index is 10.9. The second kappa shape index (κ2) is 3.47. The smallest absolute Gasteiger partial charge is 0.296 e. The lowest BCUT2D eigenvalue weighted by molar-refractivity contribution is 0.409. The fraction of sp³-hybridized carbons (Fsp3) is 0.250. The maximum Gasteiger partial charge on any atom is 0.296 e. The molecule has 0 aliphatic heterocycles. The Hall–Kier alpha value is -1.27. The average Bonchev–Trinajstić information content (AvgIpc) is 2.02. The van der Waals surface area contributed by atoms with Crippen molar-refractivity contribution >= 4 is 15.8 Å². The van der Waals surface area contributed by atoms with Crippen LogP contribution in [0.25, 0.3) is 0 Å². The average molecular weight is 217 g/mol. The van der Waals surface area contributed by atoms with E-state index in [1.165, 1.54) is 19.2 Å². The molecule has 0 saturated heterocycles. The third-order valence-electron chi connectivity index (χ3n) is 1.81. The van der Waals surface area contributed by atoms with E-state index in [4.69, 9.17) is 15.0 Å². The van der Waals surface area contributed by atoms with Crippen LogP contribution in [0.15, 0.2) is 17.0 Å². The number of methoxy groups -OCH3 is 1. The van der Waals surface area contributed by atoms with Crippen molar-refractivity contribution in [1.82, 2.24) is 0 Å². The van der Waals surface area contributed by atoms with Crippen LogP contribution < -0.4 is 10.5 Å². The van der Waals surface area contributed by atoms with Crippen LogP contribution in [0.3, 0.4) is 0 Å². The van der Waals surface area contributed by atoms with E-state index in [1.807, 2.05) is 0 Å². The van der Waals surface area contributed by atoms with E-state index in [0.717, 1.165) is 0 Å². The largest absolute Gasteiger partial charge is 0.496 e. The standard InChI is InChI=1S/C8H11NO4S/c1-5-3-6(9)8(14(10,11)12)4-7(5)13-2/h3-4H,9H2,1-2H3,(H,10,11,12). The zero-order chi connectivity index (χ0) is 10.9. The first kappa shape index (κ1) is 10.8. The normalized spacial score (nSPS) is 11.4. The Morgan fingerprint density at radius 1 is 1.43 bits per heavy atom. The molecule has 1 aromatic rings. The van der Waals surface area contributed by atoms with Crippen LogP contribution in [-0.2, 0) is 10.1 Å². The Balaban J connectivity index is 3.47. The first-order valence-corrected chi connectivity index (χ1v) is 5.22. The van der Waals surface area contributed by atoms with E-state index < -0.39 is 10.1 Å². The van der Waals surface area contributed by atoms with Crippen molar-refractivity contribution in [3.63, 3.8) is 0 Å². The topological polar surface area (TPSA) is 89.6 Å². The lowest BCUT2D eigenvalue weighted by Gasteiger charge is -2.08. The van der Waals surface area contributed by atoms with E-state index >= 15 is 0 Å². The minimum absolute atomic E-state index is 0.00537. The summed E-state index contributed by atoms with van der Waals surface area (Å²) in [6.07, 6.45) is 0. The summed E-state index contributed by atoms with van der Waals surface area (Å²) in [6.45, 7) is 1.73. The molecule has 0 amide bonds. The highest BCUT2D eigenvalue weighted by Crippen LogP contribution is 2.27. The summed E-state index contributed by atoms with van der Waals surface area (Å²) < 4.78 is 35.4. The molecule has 78 valence electrons.